The quantitative estimate of drug-likeness (QED) is 0.938. The van der Waals surface area contributed by atoms with Gasteiger partial charge in [-0.05, 0) is 24.6 Å². The molecule has 2 aromatic rings. The van der Waals surface area contributed by atoms with Crippen LogP contribution in [0.25, 0.3) is 0 Å². The van der Waals surface area contributed by atoms with Gasteiger partial charge in [-0.3, -0.25) is 14.6 Å². The minimum atomic E-state index is -0.183. The number of carbonyl (C=O) groups excluding carboxylic acids is 2. The molecule has 1 fully saturated rings. The van der Waals surface area contributed by atoms with Gasteiger partial charge in [0.05, 0.1) is 11.6 Å². The summed E-state index contributed by atoms with van der Waals surface area (Å²) in [5.41, 5.74) is 2.48. The molecule has 0 bridgehead atoms. The van der Waals surface area contributed by atoms with Crippen LogP contribution in [0, 0.1) is 6.92 Å². The molecule has 0 aliphatic carbocycles. The lowest BCUT2D eigenvalue weighted by molar-refractivity contribution is -0.128. The van der Waals surface area contributed by atoms with Crippen molar-refractivity contribution in [2.45, 2.75) is 25.9 Å². The first kappa shape index (κ1) is 15.2. The Labute approximate surface area is 135 Å². The van der Waals surface area contributed by atoms with E-state index in [0.29, 0.717) is 25.1 Å². The van der Waals surface area contributed by atoms with E-state index in [2.05, 4.69) is 10.3 Å². The Hall–Kier alpha value is -2.69. The molecule has 1 aromatic heterocycles. The molecule has 0 saturated carbocycles. The minimum absolute atomic E-state index is 0.0705. The number of carbonyl (C=O) groups is 2. The molecule has 3 rings (SSSR count). The van der Waals surface area contributed by atoms with Crippen LogP contribution in [-0.2, 0) is 11.3 Å². The molecule has 2 amide bonds. The van der Waals surface area contributed by atoms with Crippen LogP contribution < -0.4 is 5.32 Å². The predicted octanol–water partition coefficient (Wildman–Crippen LogP) is 1.92. The van der Waals surface area contributed by atoms with Crippen LogP contribution in [0.1, 0.15) is 28.0 Å². The fraction of sp³-hybridized carbons (Fsp3) is 0.278. The lowest BCUT2D eigenvalue weighted by atomic mass is 10.2. The van der Waals surface area contributed by atoms with Gasteiger partial charge in [-0.1, -0.05) is 30.3 Å². The summed E-state index contributed by atoms with van der Waals surface area (Å²) in [7, 11) is 0. The molecule has 1 aromatic carbocycles. The Morgan fingerprint density at radius 1 is 1.26 bits per heavy atom. The number of benzene rings is 1. The minimum Gasteiger partial charge on any atom is -0.347 e. The SMILES string of the molecule is Cc1ccc(C(=O)N[C@H]2CC(=O)N(Cc3ccccc3)C2)cn1. The fourth-order valence-corrected chi connectivity index (χ4v) is 2.70. The van der Waals surface area contributed by atoms with E-state index in [1.807, 2.05) is 37.3 Å². The zero-order valence-electron chi connectivity index (χ0n) is 13.0. The normalized spacial score (nSPS) is 17.3. The Kier molecular flexibility index (Phi) is 4.37. The number of aryl methyl sites for hydroxylation is 1. The van der Waals surface area contributed by atoms with Crippen molar-refractivity contribution in [3.63, 3.8) is 0 Å². The maximum absolute atomic E-state index is 12.2. The summed E-state index contributed by atoms with van der Waals surface area (Å²) in [6.45, 7) is 3.00. The standard InChI is InChI=1S/C18H19N3O2/c1-13-7-8-15(10-19-13)18(23)20-16-9-17(22)21(12-16)11-14-5-3-2-4-6-14/h2-8,10,16H,9,11-12H2,1H3,(H,20,23)/t16-/m0/s1. The van der Waals surface area contributed by atoms with E-state index >= 15 is 0 Å². The van der Waals surface area contributed by atoms with Crippen molar-refractivity contribution in [2.24, 2.45) is 0 Å². The Bertz CT molecular complexity index is 698. The number of hydrogen-bond acceptors (Lipinski definition) is 3. The van der Waals surface area contributed by atoms with Crippen molar-refractivity contribution in [1.82, 2.24) is 15.2 Å². The molecule has 0 unspecified atom stereocenters. The summed E-state index contributed by atoms with van der Waals surface area (Å²) in [5, 5.41) is 2.92. The van der Waals surface area contributed by atoms with Crippen molar-refractivity contribution in [1.29, 1.82) is 0 Å². The second-order valence-electron chi connectivity index (χ2n) is 5.82. The van der Waals surface area contributed by atoms with Gasteiger partial charge in [-0.15, -0.1) is 0 Å². The zero-order chi connectivity index (χ0) is 16.2. The Balaban J connectivity index is 1.59. The lowest BCUT2D eigenvalue weighted by Gasteiger charge is -2.17. The maximum atomic E-state index is 12.2. The van der Waals surface area contributed by atoms with E-state index in [9.17, 15) is 9.59 Å². The van der Waals surface area contributed by atoms with Crippen LogP contribution in [0.5, 0.6) is 0 Å². The van der Waals surface area contributed by atoms with Crippen molar-refractivity contribution in [3.8, 4) is 0 Å². The fourth-order valence-electron chi connectivity index (χ4n) is 2.70. The Morgan fingerprint density at radius 2 is 2.04 bits per heavy atom. The molecule has 0 radical (unpaired) electrons. The molecule has 5 nitrogen and oxygen atoms in total. The second kappa shape index (κ2) is 6.60. The number of rotatable bonds is 4. The van der Waals surface area contributed by atoms with Crippen molar-refractivity contribution < 1.29 is 9.59 Å². The van der Waals surface area contributed by atoms with Gasteiger partial charge in [0.15, 0.2) is 0 Å². The molecular weight excluding hydrogens is 290 g/mol. The highest BCUT2D eigenvalue weighted by molar-refractivity contribution is 5.94. The van der Waals surface area contributed by atoms with Crippen LogP contribution in [0.15, 0.2) is 48.7 Å². The monoisotopic (exact) mass is 309 g/mol. The molecule has 1 N–H and O–H groups in total. The first-order valence-corrected chi connectivity index (χ1v) is 7.67. The van der Waals surface area contributed by atoms with E-state index in [-0.39, 0.29) is 17.9 Å². The molecule has 1 saturated heterocycles. The number of pyridine rings is 1. The number of aromatic nitrogens is 1. The molecular formula is C18H19N3O2. The highest BCUT2D eigenvalue weighted by atomic mass is 16.2. The number of nitrogens with one attached hydrogen (secondary N) is 1. The van der Waals surface area contributed by atoms with Gasteiger partial charge < -0.3 is 10.2 Å². The van der Waals surface area contributed by atoms with Gasteiger partial charge in [0.25, 0.3) is 5.91 Å². The molecule has 1 aliphatic heterocycles. The summed E-state index contributed by atoms with van der Waals surface area (Å²) in [4.78, 5) is 30.2. The van der Waals surface area contributed by atoms with Gasteiger partial charge in [0.1, 0.15) is 0 Å². The number of amides is 2. The zero-order valence-corrected chi connectivity index (χ0v) is 13.0. The van der Waals surface area contributed by atoms with Gasteiger partial charge in [0.2, 0.25) is 5.91 Å². The van der Waals surface area contributed by atoms with Gasteiger partial charge in [0, 0.05) is 31.4 Å². The largest absolute Gasteiger partial charge is 0.347 e. The van der Waals surface area contributed by atoms with Crippen LogP contribution in [0.3, 0.4) is 0 Å². The van der Waals surface area contributed by atoms with Crippen LogP contribution >= 0.6 is 0 Å². The van der Waals surface area contributed by atoms with Gasteiger partial charge >= 0.3 is 0 Å². The molecule has 118 valence electrons. The third-order valence-corrected chi connectivity index (χ3v) is 3.94. The molecule has 1 atom stereocenters. The molecule has 5 heteroatoms. The van der Waals surface area contributed by atoms with Gasteiger partial charge in [-0.2, -0.15) is 0 Å². The average molecular weight is 309 g/mol. The molecule has 1 aliphatic rings. The molecule has 0 spiro atoms. The summed E-state index contributed by atoms with van der Waals surface area (Å²) < 4.78 is 0. The topological polar surface area (TPSA) is 62.3 Å². The van der Waals surface area contributed by atoms with E-state index < -0.39 is 0 Å². The van der Waals surface area contributed by atoms with Crippen molar-refractivity contribution >= 4 is 11.8 Å². The van der Waals surface area contributed by atoms with Crippen molar-refractivity contribution in [3.05, 3.63) is 65.5 Å². The average Bonchev–Trinajstić information content (AvgIpc) is 2.88. The number of nitrogens with zero attached hydrogens (tertiary/aromatic N) is 2. The lowest BCUT2D eigenvalue weighted by Crippen LogP contribution is -2.37. The second-order valence-corrected chi connectivity index (χ2v) is 5.82. The third-order valence-electron chi connectivity index (χ3n) is 3.94. The molecule has 23 heavy (non-hydrogen) atoms. The summed E-state index contributed by atoms with van der Waals surface area (Å²) in [5.74, 6) is -0.113. The van der Waals surface area contributed by atoms with E-state index in [1.54, 1.807) is 23.2 Å². The van der Waals surface area contributed by atoms with E-state index in [1.165, 1.54) is 0 Å². The first-order chi connectivity index (χ1) is 11.1. The van der Waals surface area contributed by atoms with Crippen LogP contribution in [0.4, 0.5) is 0 Å². The van der Waals surface area contributed by atoms with E-state index in [4.69, 9.17) is 0 Å². The highest BCUT2D eigenvalue weighted by Crippen LogP contribution is 2.15. The Morgan fingerprint density at radius 3 is 2.74 bits per heavy atom. The van der Waals surface area contributed by atoms with Crippen LogP contribution in [0.2, 0.25) is 0 Å². The summed E-state index contributed by atoms with van der Waals surface area (Å²) >= 11 is 0. The maximum Gasteiger partial charge on any atom is 0.253 e. The van der Waals surface area contributed by atoms with Crippen LogP contribution in [-0.4, -0.2) is 34.3 Å². The van der Waals surface area contributed by atoms with Gasteiger partial charge in [-0.25, -0.2) is 0 Å². The third kappa shape index (κ3) is 3.74. The first-order valence-electron chi connectivity index (χ1n) is 7.67. The summed E-state index contributed by atoms with van der Waals surface area (Å²) in [6.07, 6.45) is 1.90. The van der Waals surface area contributed by atoms with E-state index in [0.717, 1.165) is 11.3 Å². The molecule has 2 heterocycles. The highest BCUT2D eigenvalue weighted by Gasteiger charge is 2.30. The smallest absolute Gasteiger partial charge is 0.253 e. The number of likely N-dealkylation sites (tertiary alicyclic amines) is 1. The van der Waals surface area contributed by atoms with Crippen molar-refractivity contribution in [2.75, 3.05) is 6.54 Å². The number of hydrogen-bond donors (Lipinski definition) is 1. The predicted molar refractivity (Wildman–Crippen MR) is 86.7 cm³/mol. The summed E-state index contributed by atoms with van der Waals surface area (Å²) in [6, 6.07) is 13.3.